The second-order valence-electron chi connectivity index (χ2n) is 8.32. The molecular formula is C22H24N2O5. The van der Waals surface area contributed by atoms with Crippen LogP contribution < -0.4 is 14.8 Å². The minimum absolute atomic E-state index is 0.131. The number of imide groups is 1. The first-order chi connectivity index (χ1) is 14.0. The van der Waals surface area contributed by atoms with Crippen LogP contribution in [0.15, 0.2) is 24.3 Å². The van der Waals surface area contributed by atoms with Gasteiger partial charge in [0, 0.05) is 11.8 Å². The smallest absolute Gasteiger partial charge is 0.247 e. The fourth-order valence-electron chi connectivity index (χ4n) is 5.24. The van der Waals surface area contributed by atoms with Gasteiger partial charge in [0.05, 0.1) is 11.8 Å². The maximum Gasteiger partial charge on any atom is 0.247 e. The molecule has 2 fully saturated rings. The minimum atomic E-state index is -0.861. The predicted molar refractivity (Wildman–Crippen MR) is 104 cm³/mol. The van der Waals surface area contributed by atoms with Crippen molar-refractivity contribution in [2.45, 2.75) is 39.2 Å². The first-order valence-corrected chi connectivity index (χ1v) is 10.3. The second kappa shape index (κ2) is 6.61. The van der Waals surface area contributed by atoms with Crippen molar-refractivity contribution in [2.24, 2.45) is 23.7 Å². The minimum Gasteiger partial charge on any atom is -0.454 e. The Labute approximate surface area is 169 Å². The number of nitrogens with one attached hydrogen (secondary N) is 1. The van der Waals surface area contributed by atoms with Gasteiger partial charge in [0.25, 0.3) is 0 Å². The second-order valence-corrected chi connectivity index (χ2v) is 8.32. The van der Waals surface area contributed by atoms with Crippen LogP contribution >= 0.6 is 0 Å². The Morgan fingerprint density at radius 3 is 2.38 bits per heavy atom. The van der Waals surface area contributed by atoms with Gasteiger partial charge in [-0.3, -0.25) is 19.3 Å². The molecule has 1 aromatic rings. The van der Waals surface area contributed by atoms with E-state index in [-0.39, 0.29) is 48.2 Å². The number of amides is 3. The molecule has 7 nitrogen and oxygen atoms in total. The molecule has 7 heteroatoms. The summed E-state index contributed by atoms with van der Waals surface area (Å²) in [6.45, 7) is 3.83. The van der Waals surface area contributed by atoms with Crippen LogP contribution in [0.1, 0.15) is 32.3 Å². The summed E-state index contributed by atoms with van der Waals surface area (Å²) in [5.74, 6) is 0.126. The summed E-state index contributed by atoms with van der Waals surface area (Å²) in [6.07, 6.45) is 6.64. The van der Waals surface area contributed by atoms with Crippen molar-refractivity contribution in [1.29, 1.82) is 0 Å². The van der Waals surface area contributed by atoms with Crippen molar-refractivity contribution < 1.29 is 23.9 Å². The highest BCUT2D eigenvalue weighted by Gasteiger charge is 2.60. The number of likely N-dealkylation sites (tertiary alicyclic amines) is 1. The van der Waals surface area contributed by atoms with E-state index in [0.717, 1.165) is 24.8 Å². The average Bonchev–Trinajstić information content (AvgIpc) is 3.46. The molecule has 4 aliphatic rings. The highest BCUT2D eigenvalue weighted by molar-refractivity contribution is 6.10. The number of hydrogen-bond donors (Lipinski definition) is 1. The van der Waals surface area contributed by atoms with Crippen molar-refractivity contribution in [3.05, 3.63) is 29.8 Å². The molecule has 2 heterocycles. The van der Waals surface area contributed by atoms with E-state index in [1.165, 1.54) is 4.90 Å². The molecule has 2 bridgehead atoms. The quantitative estimate of drug-likeness (QED) is 0.611. The summed E-state index contributed by atoms with van der Waals surface area (Å²) in [5, 5.41) is 2.91. The third-order valence-electron chi connectivity index (χ3n) is 6.65. The SMILES string of the molecule is CCCc1cc2c(cc1NC(=O)[C@H](C)N1C(=O)[C@@H]3[C@@H](C1=O)[C@H]1C=C[C@H]3C1)OCO2. The van der Waals surface area contributed by atoms with Crippen LogP contribution in [0.25, 0.3) is 0 Å². The molecule has 5 rings (SSSR count). The van der Waals surface area contributed by atoms with Crippen molar-refractivity contribution in [3.63, 3.8) is 0 Å². The van der Waals surface area contributed by atoms with E-state index >= 15 is 0 Å². The van der Waals surface area contributed by atoms with E-state index in [4.69, 9.17) is 9.47 Å². The molecule has 1 saturated carbocycles. The van der Waals surface area contributed by atoms with Gasteiger partial charge in [0.15, 0.2) is 11.5 Å². The van der Waals surface area contributed by atoms with Crippen LogP contribution in [-0.2, 0) is 20.8 Å². The van der Waals surface area contributed by atoms with Gasteiger partial charge >= 0.3 is 0 Å². The van der Waals surface area contributed by atoms with Crippen LogP contribution in [0.3, 0.4) is 0 Å². The van der Waals surface area contributed by atoms with Gasteiger partial charge in [-0.05, 0) is 43.2 Å². The lowest BCUT2D eigenvalue weighted by atomic mass is 9.85. The maximum atomic E-state index is 13.0. The van der Waals surface area contributed by atoms with Gasteiger partial charge < -0.3 is 14.8 Å². The molecule has 5 atom stereocenters. The summed E-state index contributed by atoms with van der Waals surface area (Å²) < 4.78 is 10.9. The number of fused-ring (bicyclic) bond motifs is 6. The molecule has 1 N–H and O–H groups in total. The number of rotatable bonds is 5. The Hall–Kier alpha value is -2.83. The lowest BCUT2D eigenvalue weighted by Crippen LogP contribution is -2.46. The zero-order chi connectivity index (χ0) is 20.3. The molecular weight excluding hydrogens is 372 g/mol. The lowest BCUT2D eigenvalue weighted by Gasteiger charge is -2.24. The Morgan fingerprint density at radius 1 is 1.14 bits per heavy atom. The molecule has 152 valence electrons. The monoisotopic (exact) mass is 396 g/mol. The zero-order valence-electron chi connectivity index (χ0n) is 16.5. The number of allylic oxidation sites excluding steroid dienone is 2. The van der Waals surface area contributed by atoms with E-state index in [0.29, 0.717) is 17.2 Å². The Morgan fingerprint density at radius 2 is 1.76 bits per heavy atom. The molecule has 1 aromatic carbocycles. The summed E-state index contributed by atoms with van der Waals surface area (Å²) in [6, 6.07) is 2.77. The van der Waals surface area contributed by atoms with Gasteiger partial charge in [-0.15, -0.1) is 0 Å². The molecule has 1 saturated heterocycles. The number of ether oxygens (including phenoxy) is 2. The van der Waals surface area contributed by atoms with E-state index in [2.05, 4.69) is 24.4 Å². The zero-order valence-corrected chi connectivity index (χ0v) is 16.5. The Bertz CT molecular complexity index is 909. The van der Waals surface area contributed by atoms with Gasteiger partial charge in [-0.1, -0.05) is 25.5 Å². The van der Waals surface area contributed by atoms with E-state index < -0.39 is 6.04 Å². The van der Waals surface area contributed by atoms with Crippen molar-refractivity contribution in [3.8, 4) is 11.5 Å². The van der Waals surface area contributed by atoms with E-state index in [9.17, 15) is 14.4 Å². The van der Waals surface area contributed by atoms with E-state index in [1.54, 1.807) is 13.0 Å². The highest BCUT2D eigenvalue weighted by atomic mass is 16.7. The third-order valence-corrected chi connectivity index (χ3v) is 6.65. The molecule has 2 aliphatic carbocycles. The van der Waals surface area contributed by atoms with Crippen molar-refractivity contribution in [2.75, 3.05) is 12.1 Å². The molecule has 0 spiro atoms. The van der Waals surface area contributed by atoms with Crippen LogP contribution in [0.5, 0.6) is 11.5 Å². The van der Waals surface area contributed by atoms with Gasteiger partial charge in [-0.25, -0.2) is 0 Å². The lowest BCUT2D eigenvalue weighted by molar-refractivity contribution is -0.146. The number of carbonyl (C=O) groups excluding carboxylic acids is 3. The summed E-state index contributed by atoms with van der Waals surface area (Å²) >= 11 is 0. The number of benzene rings is 1. The first kappa shape index (κ1) is 18.2. The molecule has 0 aromatic heterocycles. The van der Waals surface area contributed by atoms with E-state index in [1.807, 2.05) is 6.07 Å². The summed E-state index contributed by atoms with van der Waals surface area (Å²) in [5.41, 5.74) is 1.57. The fourth-order valence-corrected chi connectivity index (χ4v) is 5.24. The topological polar surface area (TPSA) is 84.9 Å². The largest absolute Gasteiger partial charge is 0.454 e. The highest BCUT2D eigenvalue weighted by Crippen LogP contribution is 2.52. The number of carbonyl (C=O) groups is 3. The summed E-state index contributed by atoms with van der Waals surface area (Å²) in [7, 11) is 0. The molecule has 29 heavy (non-hydrogen) atoms. The number of aryl methyl sites for hydroxylation is 1. The molecule has 0 unspecified atom stereocenters. The third kappa shape index (κ3) is 2.67. The van der Waals surface area contributed by atoms with Crippen LogP contribution in [0.4, 0.5) is 5.69 Å². The predicted octanol–water partition coefficient (Wildman–Crippen LogP) is 2.50. The molecule has 2 aliphatic heterocycles. The average molecular weight is 396 g/mol. The van der Waals surface area contributed by atoms with Gasteiger partial charge in [0.2, 0.25) is 24.5 Å². The first-order valence-electron chi connectivity index (χ1n) is 10.3. The van der Waals surface area contributed by atoms with Crippen molar-refractivity contribution >= 4 is 23.4 Å². The van der Waals surface area contributed by atoms with Crippen LogP contribution in [0, 0.1) is 23.7 Å². The summed E-state index contributed by atoms with van der Waals surface area (Å²) in [4.78, 5) is 40.1. The van der Waals surface area contributed by atoms with Gasteiger partial charge in [0.1, 0.15) is 6.04 Å². The maximum absolute atomic E-state index is 13.0. The number of nitrogens with zero attached hydrogens (tertiary/aromatic N) is 1. The van der Waals surface area contributed by atoms with Gasteiger partial charge in [-0.2, -0.15) is 0 Å². The molecule has 0 radical (unpaired) electrons. The Balaban J connectivity index is 1.37. The number of anilines is 1. The standard InChI is InChI=1S/C22H24N2O5/c1-3-4-12-8-16-17(29-10-28-16)9-15(12)23-20(25)11(2)24-21(26)18-13-5-6-14(7-13)19(18)22(24)27/h5-6,8-9,11,13-14,18-19H,3-4,7,10H2,1-2H3,(H,23,25)/t11-,13-,14-,18-,19-/m0/s1. The fraction of sp³-hybridized carbons (Fsp3) is 0.500. The number of hydrogen-bond acceptors (Lipinski definition) is 5. The van der Waals surface area contributed by atoms with Crippen LogP contribution in [-0.4, -0.2) is 35.5 Å². The molecule has 3 amide bonds. The Kier molecular flexibility index (Phi) is 4.15. The van der Waals surface area contributed by atoms with Crippen LogP contribution in [0.2, 0.25) is 0 Å². The van der Waals surface area contributed by atoms with Crippen molar-refractivity contribution in [1.82, 2.24) is 4.90 Å². The normalized spacial score (nSPS) is 29.5.